The molecule has 2 heterocycles. The van der Waals surface area contributed by atoms with Crippen molar-refractivity contribution >= 4 is 5.91 Å². The highest BCUT2D eigenvalue weighted by molar-refractivity contribution is 5.78. The Hall–Kier alpha value is -0.610. The molecule has 104 valence electrons. The molecule has 2 rings (SSSR count). The van der Waals surface area contributed by atoms with Crippen LogP contribution in [0, 0.1) is 5.92 Å². The molecule has 2 aliphatic heterocycles. The zero-order valence-electron chi connectivity index (χ0n) is 12.0. The molecule has 2 unspecified atom stereocenters. The van der Waals surface area contributed by atoms with Gasteiger partial charge in [-0.25, -0.2) is 0 Å². The Morgan fingerprint density at radius 2 is 1.67 bits per heavy atom. The maximum absolute atomic E-state index is 12.3. The molecule has 4 heteroatoms. The smallest absolute Gasteiger partial charge is 0.236 e. The summed E-state index contributed by atoms with van der Waals surface area (Å²) in [4.78, 5) is 16.6. The summed E-state index contributed by atoms with van der Waals surface area (Å²) in [7, 11) is 0. The van der Waals surface area contributed by atoms with Crippen LogP contribution in [0.15, 0.2) is 0 Å². The second-order valence-corrected chi connectivity index (χ2v) is 6.23. The van der Waals surface area contributed by atoms with Gasteiger partial charge in [-0.2, -0.15) is 0 Å². The predicted octanol–water partition coefficient (Wildman–Crippen LogP) is 0.927. The average molecular weight is 253 g/mol. The van der Waals surface area contributed by atoms with Crippen LogP contribution in [0.25, 0.3) is 0 Å². The van der Waals surface area contributed by atoms with E-state index in [1.54, 1.807) is 0 Å². The summed E-state index contributed by atoms with van der Waals surface area (Å²) in [5, 5.41) is 3.50. The Labute approximate surface area is 111 Å². The standard InChI is InChI=1S/C14H27N3O/c1-11-4-6-17(7-5-11)14(18)10-16-8-12(2)15-13(3)9-16/h11-13,15H,4-10H2,1-3H3. The lowest BCUT2D eigenvalue weighted by Gasteiger charge is -2.37. The van der Waals surface area contributed by atoms with Crippen LogP contribution in [0.3, 0.4) is 0 Å². The molecule has 18 heavy (non-hydrogen) atoms. The minimum atomic E-state index is 0.322. The largest absolute Gasteiger partial charge is 0.342 e. The average Bonchev–Trinajstić information content (AvgIpc) is 2.28. The molecule has 0 aromatic carbocycles. The summed E-state index contributed by atoms with van der Waals surface area (Å²) in [6.45, 7) is 11.1. The number of hydrogen-bond donors (Lipinski definition) is 1. The highest BCUT2D eigenvalue weighted by atomic mass is 16.2. The number of hydrogen-bond acceptors (Lipinski definition) is 3. The van der Waals surface area contributed by atoms with E-state index >= 15 is 0 Å². The summed E-state index contributed by atoms with van der Waals surface area (Å²) in [6, 6.07) is 0.978. The third kappa shape index (κ3) is 3.69. The highest BCUT2D eigenvalue weighted by Gasteiger charge is 2.26. The van der Waals surface area contributed by atoms with Crippen LogP contribution in [0.4, 0.5) is 0 Å². The fourth-order valence-corrected chi connectivity index (χ4v) is 3.12. The van der Waals surface area contributed by atoms with Crippen molar-refractivity contribution in [1.29, 1.82) is 0 Å². The number of nitrogens with zero attached hydrogens (tertiary/aromatic N) is 2. The third-order valence-electron chi connectivity index (χ3n) is 4.13. The number of rotatable bonds is 2. The third-order valence-corrected chi connectivity index (χ3v) is 4.13. The van der Waals surface area contributed by atoms with Gasteiger partial charge < -0.3 is 10.2 Å². The van der Waals surface area contributed by atoms with Crippen molar-refractivity contribution in [3.05, 3.63) is 0 Å². The summed E-state index contributed by atoms with van der Waals surface area (Å²) in [5.41, 5.74) is 0. The maximum atomic E-state index is 12.3. The van der Waals surface area contributed by atoms with Gasteiger partial charge in [0.05, 0.1) is 6.54 Å². The van der Waals surface area contributed by atoms with E-state index in [1.165, 1.54) is 12.8 Å². The Kier molecular flexibility index (Phi) is 4.62. The lowest BCUT2D eigenvalue weighted by atomic mass is 9.99. The van der Waals surface area contributed by atoms with E-state index in [0.717, 1.165) is 32.1 Å². The van der Waals surface area contributed by atoms with E-state index in [9.17, 15) is 4.79 Å². The monoisotopic (exact) mass is 253 g/mol. The number of piperidine rings is 1. The number of likely N-dealkylation sites (tertiary alicyclic amines) is 1. The molecule has 2 aliphatic rings. The zero-order chi connectivity index (χ0) is 13.1. The quantitative estimate of drug-likeness (QED) is 0.795. The van der Waals surface area contributed by atoms with Gasteiger partial charge in [0, 0.05) is 38.3 Å². The first-order valence-corrected chi connectivity index (χ1v) is 7.30. The maximum Gasteiger partial charge on any atom is 0.236 e. The summed E-state index contributed by atoms with van der Waals surface area (Å²) in [5.74, 6) is 1.11. The van der Waals surface area contributed by atoms with E-state index in [1.807, 2.05) is 0 Å². The van der Waals surface area contributed by atoms with Crippen LogP contribution in [0.2, 0.25) is 0 Å². The molecule has 0 aliphatic carbocycles. The van der Waals surface area contributed by atoms with Crippen LogP contribution in [0.1, 0.15) is 33.6 Å². The molecule has 0 spiro atoms. The molecular weight excluding hydrogens is 226 g/mol. The van der Waals surface area contributed by atoms with E-state index in [2.05, 4.69) is 35.9 Å². The van der Waals surface area contributed by atoms with Gasteiger partial charge in [0.1, 0.15) is 0 Å². The molecular formula is C14H27N3O. The summed E-state index contributed by atoms with van der Waals surface area (Å²) < 4.78 is 0. The Balaban J connectivity index is 1.80. The molecule has 2 saturated heterocycles. The van der Waals surface area contributed by atoms with Crippen LogP contribution in [-0.4, -0.2) is 60.5 Å². The molecule has 4 nitrogen and oxygen atoms in total. The Morgan fingerprint density at radius 3 is 2.22 bits per heavy atom. The van der Waals surface area contributed by atoms with E-state index in [4.69, 9.17) is 0 Å². The van der Waals surface area contributed by atoms with E-state index < -0.39 is 0 Å². The Morgan fingerprint density at radius 1 is 1.11 bits per heavy atom. The van der Waals surface area contributed by atoms with Crippen molar-refractivity contribution in [2.75, 3.05) is 32.7 Å². The second kappa shape index (κ2) is 6.02. The van der Waals surface area contributed by atoms with Crippen LogP contribution < -0.4 is 5.32 Å². The minimum absolute atomic E-state index is 0.322. The molecule has 0 saturated carbocycles. The molecule has 2 atom stereocenters. The van der Waals surface area contributed by atoms with Crippen molar-refractivity contribution in [1.82, 2.24) is 15.1 Å². The van der Waals surface area contributed by atoms with Crippen molar-refractivity contribution in [2.45, 2.75) is 45.7 Å². The van der Waals surface area contributed by atoms with Crippen molar-refractivity contribution in [2.24, 2.45) is 5.92 Å². The second-order valence-electron chi connectivity index (χ2n) is 6.23. The zero-order valence-corrected chi connectivity index (χ0v) is 12.0. The summed E-state index contributed by atoms with van der Waals surface area (Å²) in [6.07, 6.45) is 2.33. The molecule has 0 bridgehead atoms. The predicted molar refractivity (Wildman–Crippen MR) is 73.5 cm³/mol. The van der Waals surface area contributed by atoms with E-state index in [-0.39, 0.29) is 0 Å². The Bertz CT molecular complexity index is 277. The first-order valence-electron chi connectivity index (χ1n) is 7.30. The summed E-state index contributed by atoms with van der Waals surface area (Å²) >= 11 is 0. The molecule has 0 radical (unpaired) electrons. The van der Waals surface area contributed by atoms with Gasteiger partial charge in [-0.1, -0.05) is 6.92 Å². The van der Waals surface area contributed by atoms with Gasteiger partial charge >= 0.3 is 0 Å². The van der Waals surface area contributed by atoms with Crippen LogP contribution >= 0.6 is 0 Å². The van der Waals surface area contributed by atoms with Crippen LogP contribution in [0.5, 0.6) is 0 Å². The topological polar surface area (TPSA) is 35.6 Å². The van der Waals surface area contributed by atoms with E-state index in [0.29, 0.717) is 24.5 Å². The molecule has 1 amide bonds. The van der Waals surface area contributed by atoms with Gasteiger partial charge in [-0.15, -0.1) is 0 Å². The molecule has 0 aromatic heterocycles. The van der Waals surface area contributed by atoms with Crippen LogP contribution in [-0.2, 0) is 4.79 Å². The first-order chi connectivity index (χ1) is 8.54. The number of piperazine rings is 1. The fraction of sp³-hybridized carbons (Fsp3) is 0.929. The van der Waals surface area contributed by atoms with Gasteiger partial charge in [0.25, 0.3) is 0 Å². The molecule has 1 N–H and O–H groups in total. The normalized spacial score (nSPS) is 31.6. The van der Waals surface area contributed by atoms with Gasteiger partial charge in [0.2, 0.25) is 5.91 Å². The first kappa shape index (κ1) is 13.8. The number of amides is 1. The fourth-order valence-electron chi connectivity index (χ4n) is 3.12. The lowest BCUT2D eigenvalue weighted by Crippen LogP contribution is -2.56. The van der Waals surface area contributed by atoms with Gasteiger partial charge in [-0.3, -0.25) is 9.69 Å². The highest BCUT2D eigenvalue weighted by Crippen LogP contribution is 2.16. The minimum Gasteiger partial charge on any atom is -0.342 e. The lowest BCUT2D eigenvalue weighted by molar-refractivity contribution is -0.134. The SMILES string of the molecule is CC1CCN(C(=O)CN2CC(C)NC(C)C2)CC1. The van der Waals surface area contributed by atoms with Gasteiger partial charge in [-0.05, 0) is 32.6 Å². The van der Waals surface area contributed by atoms with Crippen molar-refractivity contribution in [3.63, 3.8) is 0 Å². The van der Waals surface area contributed by atoms with Crippen molar-refractivity contribution in [3.8, 4) is 0 Å². The number of carbonyl (C=O) groups is 1. The number of nitrogens with one attached hydrogen (secondary N) is 1. The van der Waals surface area contributed by atoms with Crippen molar-refractivity contribution < 1.29 is 4.79 Å². The molecule has 0 aromatic rings. The number of carbonyl (C=O) groups excluding carboxylic acids is 1. The van der Waals surface area contributed by atoms with Gasteiger partial charge in [0.15, 0.2) is 0 Å². The molecule has 2 fully saturated rings.